The predicted molar refractivity (Wildman–Crippen MR) is 33.1 cm³/mol. The summed E-state index contributed by atoms with van der Waals surface area (Å²) in [4.78, 5) is 9.24. The van der Waals surface area contributed by atoms with Gasteiger partial charge in [0.25, 0.3) is 0 Å². The number of aliphatic carboxylic acids is 1. The van der Waals surface area contributed by atoms with Crippen LogP contribution in [-0.4, -0.2) is 23.5 Å². The molecular weight excluding hydrogens is 130 g/mol. The van der Waals surface area contributed by atoms with E-state index in [2.05, 4.69) is 0 Å². The predicted octanol–water partition coefficient (Wildman–Crippen LogP) is 0.275. The third kappa shape index (κ3) is 43.1. The fourth-order valence-corrected chi connectivity index (χ4v) is 0. The number of carboxylic acid groups (broad SMARTS) is 1. The number of rotatable bonds is 1. The summed E-state index contributed by atoms with van der Waals surface area (Å²) in [6.07, 6.45) is 0. The standard InChI is InChI=1S/C2H3ClO2.C2H7N/c3-1-2(4)5;1-2-3/h1H2,(H,4,5);2-3H2,1H3. The van der Waals surface area contributed by atoms with Crippen LogP contribution >= 0.6 is 11.6 Å². The van der Waals surface area contributed by atoms with Gasteiger partial charge in [-0.25, -0.2) is 0 Å². The van der Waals surface area contributed by atoms with Crippen LogP contribution in [0.25, 0.3) is 0 Å². The minimum atomic E-state index is -0.980. The van der Waals surface area contributed by atoms with Gasteiger partial charge in [0.1, 0.15) is 5.88 Å². The van der Waals surface area contributed by atoms with E-state index >= 15 is 0 Å². The molecule has 0 aliphatic heterocycles. The fourth-order valence-electron chi connectivity index (χ4n) is 0. The molecule has 0 radical (unpaired) electrons. The molecule has 0 bridgehead atoms. The molecule has 0 aliphatic rings. The van der Waals surface area contributed by atoms with Gasteiger partial charge in [-0.15, -0.1) is 11.6 Å². The Morgan fingerprint density at radius 1 is 1.88 bits per heavy atom. The van der Waals surface area contributed by atoms with Crippen LogP contribution in [0.4, 0.5) is 0 Å². The summed E-state index contributed by atoms with van der Waals surface area (Å²) in [5, 5.41) is 7.59. The number of nitrogens with two attached hydrogens (primary N) is 1. The average molecular weight is 140 g/mol. The number of carboxylic acids is 1. The Kier molecular flexibility index (Phi) is 13.1. The highest BCUT2D eigenvalue weighted by molar-refractivity contribution is 6.26. The Morgan fingerprint density at radius 2 is 2.00 bits per heavy atom. The van der Waals surface area contributed by atoms with Gasteiger partial charge in [0.15, 0.2) is 0 Å². The first-order valence-corrected chi connectivity index (χ1v) is 2.70. The van der Waals surface area contributed by atoms with Crippen molar-refractivity contribution in [1.82, 2.24) is 0 Å². The molecule has 0 aliphatic carbocycles. The maximum absolute atomic E-state index is 9.24. The van der Waals surface area contributed by atoms with E-state index in [1.807, 2.05) is 6.92 Å². The van der Waals surface area contributed by atoms with Gasteiger partial charge >= 0.3 is 5.97 Å². The molecule has 0 saturated heterocycles. The lowest BCUT2D eigenvalue weighted by atomic mass is 10.8. The number of alkyl halides is 1. The van der Waals surface area contributed by atoms with Crippen LogP contribution in [0.2, 0.25) is 0 Å². The van der Waals surface area contributed by atoms with Crippen molar-refractivity contribution in [3.05, 3.63) is 0 Å². The second-order valence-electron chi connectivity index (χ2n) is 0.936. The van der Waals surface area contributed by atoms with Crippen LogP contribution in [0.1, 0.15) is 6.92 Å². The molecule has 50 valence electrons. The molecule has 0 rings (SSSR count). The third-order valence-electron chi connectivity index (χ3n) is 0.114. The van der Waals surface area contributed by atoms with Crippen LogP contribution in [0, 0.1) is 0 Å². The molecule has 3 N–H and O–H groups in total. The summed E-state index contributed by atoms with van der Waals surface area (Å²) in [5.41, 5.74) is 4.85. The van der Waals surface area contributed by atoms with Gasteiger partial charge in [-0.1, -0.05) is 6.92 Å². The van der Waals surface area contributed by atoms with E-state index < -0.39 is 5.97 Å². The summed E-state index contributed by atoms with van der Waals surface area (Å²) >= 11 is 4.74. The van der Waals surface area contributed by atoms with E-state index in [-0.39, 0.29) is 5.88 Å². The van der Waals surface area contributed by atoms with Crippen molar-refractivity contribution in [2.24, 2.45) is 5.73 Å². The lowest BCUT2D eigenvalue weighted by Gasteiger charge is -1.69. The van der Waals surface area contributed by atoms with Gasteiger partial charge in [0.05, 0.1) is 0 Å². The highest BCUT2D eigenvalue weighted by atomic mass is 35.5. The highest BCUT2D eigenvalue weighted by Crippen LogP contribution is 1.67. The number of hydrogen-bond donors (Lipinski definition) is 2. The Bertz CT molecular complexity index is 58.0. The molecule has 0 atom stereocenters. The maximum atomic E-state index is 9.24. The van der Waals surface area contributed by atoms with Gasteiger partial charge in [-0.2, -0.15) is 0 Å². The summed E-state index contributed by atoms with van der Waals surface area (Å²) in [6, 6.07) is 0. The quantitative estimate of drug-likeness (QED) is 0.513. The van der Waals surface area contributed by atoms with Gasteiger partial charge in [0.2, 0.25) is 0 Å². The van der Waals surface area contributed by atoms with E-state index in [0.717, 1.165) is 6.54 Å². The van der Waals surface area contributed by atoms with Crippen LogP contribution in [0.15, 0.2) is 0 Å². The third-order valence-corrected chi connectivity index (χ3v) is 0.343. The zero-order valence-corrected chi connectivity index (χ0v) is 5.48. The molecule has 0 fully saturated rings. The van der Waals surface area contributed by atoms with Crippen molar-refractivity contribution in [2.45, 2.75) is 6.92 Å². The van der Waals surface area contributed by atoms with Crippen LogP contribution in [0.3, 0.4) is 0 Å². The molecule has 0 aromatic carbocycles. The Labute approximate surface area is 53.4 Å². The molecule has 0 spiro atoms. The topological polar surface area (TPSA) is 63.3 Å². The summed E-state index contributed by atoms with van der Waals surface area (Å²) in [5.74, 6) is -1.29. The minimum absolute atomic E-state index is 0.306. The zero-order valence-electron chi connectivity index (χ0n) is 4.72. The molecular formula is C4H10ClNO2. The second-order valence-corrected chi connectivity index (χ2v) is 1.20. The lowest BCUT2D eigenvalue weighted by molar-refractivity contribution is -0.134. The Balaban J connectivity index is 0. The van der Waals surface area contributed by atoms with Gasteiger partial charge in [0, 0.05) is 0 Å². The SMILES string of the molecule is CCN.O=C(O)CCl. The first-order valence-electron chi connectivity index (χ1n) is 2.16. The molecule has 0 unspecified atom stereocenters. The second kappa shape index (κ2) is 9.87. The van der Waals surface area contributed by atoms with E-state index in [9.17, 15) is 4.79 Å². The summed E-state index contributed by atoms with van der Waals surface area (Å²) in [6.45, 7) is 2.65. The van der Waals surface area contributed by atoms with Crippen molar-refractivity contribution < 1.29 is 9.90 Å². The minimum Gasteiger partial charge on any atom is -0.480 e. The Morgan fingerprint density at radius 3 is 2.00 bits per heavy atom. The Hall–Kier alpha value is -0.280. The van der Waals surface area contributed by atoms with Crippen molar-refractivity contribution in [1.29, 1.82) is 0 Å². The maximum Gasteiger partial charge on any atom is 0.318 e. The molecule has 3 nitrogen and oxygen atoms in total. The zero-order chi connectivity index (χ0) is 6.99. The number of carbonyl (C=O) groups is 1. The van der Waals surface area contributed by atoms with Crippen LogP contribution < -0.4 is 5.73 Å². The van der Waals surface area contributed by atoms with E-state index in [1.54, 1.807) is 0 Å². The summed E-state index contributed by atoms with van der Waals surface area (Å²) in [7, 11) is 0. The first-order chi connectivity index (χ1) is 3.68. The van der Waals surface area contributed by atoms with Crippen molar-refractivity contribution in [3.63, 3.8) is 0 Å². The molecule has 0 aromatic rings. The highest BCUT2D eigenvalue weighted by Gasteiger charge is 1.83. The fraction of sp³-hybridized carbons (Fsp3) is 0.750. The van der Waals surface area contributed by atoms with E-state index in [0.29, 0.717) is 0 Å². The van der Waals surface area contributed by atoms with Crippen molar-refractivity contribution in [3.8, 4) is 0 Å². The average Bonchev–Trinajstić information content (AvgIpc) is 1.69. The number of halogens is 1. The monoisotopic (exact) mass is 139 g/mol. The molecule has 0 saturated carbocycles. The smallest absolute Gasteiger partial charge is 0.318 e. The van der Waals surface area contributed by atoms with Crippen molar-refractivity contribution >= 4 is 17.6 Å². The van der Waals surface area contributed by atoms with Crippen LogP contribution in [-0.2, 0) is 4.79 Å². The number of hydrogen-bond acceptors (Lipinski definition) is 2. The van der Waals surface area contributed by atoms with Gasteiger partial charge < -0.3 is 10.8 Å². The molecule has 0 aromatic heterocycles. The molecule has 0 amide bonds. The summed E-state index contributed by atoms with van der Waals surface area (Å²) < 4.78 is 0. The van der Waals surface area contributed by atoms with Gasteiger partial charge in [-0.3, -0.25) is 4.79 Å². The molecule has 4 heteroatoms. The van der Waals surface area contributed by atoms with E-state index in [4.69, 9.17) is 22.4 Å². The molecule has 0 heterocycles. The lowest BCUT2D eigenvalue weighted by Crippen LogP contribution is -1.92. The van der Waals surface area contributed by atoms with Crippen molar-refractivity contribution in [2.75, 3.05) is 12.4 Å². The van der Waals surface area contributed by atoms with E-state index in [1.165, 1.54) is 0 Å². The van der Waals surface area contributed by atoms with Gasteiger partial charge in [-0.05, 0) is 6.54 Å². The molecule has 8 heavy (non-hydrogen) atoms. The van der Waals surface area contributed by atoms with Crippen LogP contribution in [0.5, 0.6) is 0 Å². The first kappa shape index (κ1) is 10.7. The normalized spacial score (nSPS) is 6.88. The largest absolute Gasteiger partial charge is 0.480 e.